The second-order valence-corrected chi connectivity index (χ2v) is 8.27. The number of aromatic nitrogens is 2. The number of hydrogen-bond acceptors (Lipinski definition) is 4. The third-order valence-corrected chi connectivity index (χ3v) is 5.87. The Bertz CT molecular complexity index is 1060. The van der Waals surface area contributed by atoms with E-state index in [4.69, 9.17) is 0 Å². The van der Waals surface area contributed by atoms with Crippen LogP contribution < -0.4 is 5.43 Å². The summed E-state index contributed by atoms with van der Waals surface area (Å²) in [5, 5.41) is 5.19. The summed E-state index contributed by atoms with van der Waals surface area (Å²) in [7, 11) is 0. The molecule has 0 atom stereocenters. The van der Waals surface area contributed by atoms with Crippen LogP contribution in [0, 0.1) is 17.4 Å². The van der Waals surface area contributed by atoms with Crippen molar-refractivity contribution in [1.29, 1.82) is 0 Å². The normalized spacial score (nSPS) is 11.5. The molecule has 6 heteroatoms. The highest BCUT2D eigenvalue weighted by molar-refractivity contribution is 14.1. The van der Waals surface area contributed by atoms with Crippen LogP contribution in [0.1, 0.15) is 17.0 Å². The topological polar surface area (TPSA) is 42.2 Å². The molecule has 0 radical (unpaired) electrons. The Kier molecular flexibility index (Phi) is 4.78. The maximum absolute atomic E-state index is 4.53. The van der Waals surface area contributed by atoms with Gasteiger partial charge < -0.3 is 4.57 Å². The predicted octanol–water partition coefficient (Wildman–Crippen LogP) is 5.75. The lowest BCUT2D eigenvalue weighted by Gasteiger charge is -2.09. The Morgan fingerprint density at radius 2 is 1.88 bits per heavy atom. The van der Waals surface area contributed by atoms with Crippen LogP contribution in [0.5, 0.6) is 0 Å². The average Bonchev–Trinajstić information content (AvgIpc) is 3.17. The molecule has 0 amide bonds. The Morgan fingerprint density at radius 1 is 1.12 bits per heavy atom. The molecule has 0 fully saturated rings. The van der Waals surface area contributed by atoms with Crippen LogP contribution in [0.3, 0.4) is 0 Å². The summed E-state index contributed by atoms with van der Waals surface area (Å²) in [6.07, 6.45) is 1.86. The molecule has 0 bridgehead atoms. The molecular formula is C20H17IN4S. The lowest BCUT2D eigenvalue weighted by Crippen LogP contribution is -1.99. The van der Waals surface area contributed by atoms with Crippen LogP contribution in [0.25, 0.3) is 15.9 Å². The SMILES string of the molecule is Cc1cc(C=NNc2nc3ccccc3s2)c(C)n1-c1ccc(I)cc1. The molecule has 0 aliphatic heterocycles. The Morgan fingerprint density at radius 3 is 2.65 bits per heavy atom. The van der Waals surface area contributed by atoms with Crippen LogP contribution in [0.4, 0.5) is 5.13 Å². The maximum atomic E-state index is 4.53. The van der Waals surface area contributed by atoms with Gasteiger partial charge in [-0.15, -0.1) is 0 Å². The van der Waals surface area contributed by atoms with Crippen LogP contribution in [0.2, 0.25) is 0 Å². The fourth-order valence-corrected chi connectivity index (χ4v) is 4.16. The van der Waals surface area contributed by atoms with Gasteiger partial charge >= 0.3 is 0 Å². The first kappa shape index (κ1) is 17.2. The van der Waals surface area contributed by atoms with Gasteiger partial charge in [0.2, 0.25) is 5.13 Å². The van der Waals surface area contributed by atoms with E-state index in [1.807, 2.05) is 24.4 Å². The van der Waals surface area contributed by atoms with Crippen molar-refractivity contribution in [2.45, 2.75) is 13.8 Å². The minimum absolute atomic E-state index is 0.800. The Hall–Kier alpha value is -2.19. The summed E-state index contributed by atoms with van der Waals surface area (Å²) in [4.78, 5) is 4.53. The lowest BCUT2D eigenvalue weighted by molar-refractivity contribution is 0.964. The first-order valence-electron chi connectivity index (χ1n) is 8.21. The Labute approximate surface area is 169 Å². The van der Waals surface area contributed by atoms with E-state index in [1.165, 1.54) is 20.6 Å². The number of nitrogens with one attached hydrogen (secondary N) is 1. The third kappa shape index (κ3) is 3.39. The number of hydrazone groups is 1. The zero-order chi connectivity index (χ0) is 18.1. The monoisotopic (exact) mass is 472 g/mol. The third-order valence-electron chi connectivity index (χ3n) is 4.21. The summed E-state index contributed by atoms with van der Waals surface area (Å²) in [5.41, 5.74) is 8.65. The second kappa shape index (κ2) is 7.20. The van der Waals surface area contributed by atoms with Gasteiger partial charge in [-0.3, -0.25) is 5.43 Å². The average molecular weight is 472 g/mol. The van der Waals surface area contributed by atoms with E-state index in [-0.39, 0.29) is 0 Å². The summed E-state index contributed by atoms with van der Waals surface area (Å²) in [6.45, 7) is 4.23. The molecule has 130 valence electrons. The minimum Gasteiger partial charge on any atom is -0.318 e. The highest BCUT2D eigenvalue weighted by Gasteiger charge is 2.09. The number of benzene rings is 2. The molecular weight excluding hydrogens is 455 g/mol. The number of fused-ring (bicyclic) bond motifs is 1. The quantitative estimate of drug-likeness (QED) is 0.233. The van der Waals surface area contributed by atoms with Gasteiger partial charge in [-0.05, 0) is 78.9 Å². The lowest BCUT2D eigenvalue weighted by atomic mass is 10.2. The molecule has 1 N–H and O–H groups in total. The van der Waals surface area contributed by atoms with E-state index < -0.39 is 0 Å². The number of para-hydroxylation sites is 1. The number of nitrogens with zero attached hydrogens (tertiary/aromatic N) is 3. The smallest absolute Gasteiger partial charge is 0.204 e. The van der Waals surface area contributed by atoms with Gasteiger partial charge in [0.15, 0.2) is 0 Å². The highest BCUT2D eigenvalue weighted by atomic mass is 127. The number of rotatable bonds is 4. The van der Waals surface area contributed by atoms with Crippen molar-refractivity contribution < 1.29 is 0 Å². The molecule has 4 nitrogen and oxygen atoms in total. The van der Waals surface area contributed by atoms with Crippen molar-refractivity contribution in [2.24, 2.45) is 5.10 Å². The van der Waals surface area contributed by atoms with Gasteiger partial charge in [-0.25, -0.2) is 4.98 Å². The fraction of sp³-hybridized carbons (Fsp3) is 0.100. The van der Waals surface area contributed by atoms with E-state index in [2.05, 4.69) is 92.9 Å². The van der Waals surface area contributed by atoms with Crippen LogP contribution in [-0.2, 0) is 0 Å². The van der Waals surface area contributed by atoms with E-state index in [0.29, 0.717) is 0 Å². The second-order valence-electron chi connectivity index (χ2n) is 6.00. The first-order valence-corrected chi connectivity index (χ1v) is 10.1. The molecule has 0 saturated heterocycles. The van der Waals surface area contributed by atoms with Gasteiger partial charge in [-0.1, -0.05) is 23.5 Å². The zero-order valence-electron chi connectivity index (χ0n) is 14.4. The standard InChI is InChI=1S/C20H17IN4S/c1-13-11-15(14(2)25(13)17-9-7-16(21)8-10-17)12-22-24-20-23-18-5-3-4-6-19(18)26-20/h3-12H,1-2H3,(H,23,24). The molecule has 4 rings (SSSR count). The molecule has 0 aliphatic rings. The zero-order valence-corrected chi connectivity index (χ0v) is 17.4. The van der Waals surface area contributed by atoms with Crippen LogP contribution >= 0.6 is 33.9 Å². The predicted molar refractivity (Wildman–Crippen MR) is 119 cm³/mol. The van der Waals surface area contributed by atoms with Gasteiger partial charge in [-0.2, -0.15) is 5.10 Å². The van der Waals surface area contributed by atoms with Crippen molar-refractivity contribution in [3.05, 3.63) is 75.1 Å². The minimum atomic E-state index is 0.800. The van der Waals surface area contributed by atoms with E-state index in [9.17, 15) is 0 Å². The maximum Gasteiger partial charge on any atom is 0.204 e. The number of aryl methyl sites for hydroxylation is 1. The number of anilines is 1. The Balaban J connectivity index is 1.57. The van der Waals surface area contributed by atoms with Gasteiger partial charge in [0, 0.05) is 26.2 Å². The molecule has 4 aromatic rings. The van der Waals surface area contributed by atoms with Crippen molar-refractivity contribution in [3.63, 3.8) is 0 Å². The highest BCUT2D eigenvalue weighted by Crippen LogP contribution is 2.25. The van der Waals surface area contributed by atoms with Crippen molar-refractivity contribution in [3.8, 4) is 5.69 Å². The van der Waals surface area contributed by atoms with Gasteiger partial charge in [0.05, 0.1) is 16.4 Å². The number of hydrogen-bond donors (Lipinski definition) is 1. The van der Waals surface area contributed by atoms with E-state index >= 15 is 0 Å². The van der Waals surface area contributed by atoms with E-state index in [1.54, 1.807) is 11.3 Å². The molecule has 0 unspecified atom stereocenters. The first-order chi connectivity index (χ1) is 12.6. The van der Waals surface area contributed by atoms with E-state index in [0.717, 1.165) is 20.9 Å². The van der Waals surface area contributed by atoms with Gasteiger partial charge in [0.1, 0.15) is 0 Å². The van der Waals surface area contributed by atoms with Crippen LogP contribution in [-0.4, -0.2) is 15.8 Å². The summed E-state index contributed by atoms with van der Waals surface area (Å²) in [6, 6.07) is 18.8. The number of thiazole rings is 1. The molecule has 2 heterocycles. The molecule has 0 saturated carbocycles. The molecule has 2 aromatic heterocycles. The summed E-state index contributed by atoms with van der Waals surface area (Å²) >= 11 is 3.92. The summed E-state index contributed by atoms with van der Waals surface area (Å²) in [5.74, 6) is 0. The number of halogens is 1. The van der Waals surface area contributed by atoms with Crippen molar-refractivity contribution >= 4 is 55.5 Å². The molecule has 2 aromatic carbocycles. The van der Waals surface area contributed by atoms with Crippen molar-refractivity contribution in [1.82, 2.24) is 9.55 Å². The molecule has 0 spiro atoms. The molecule has 0 aliphatic carbocycles. The fourth-order valence-electron chi connectivity index (χ4n) is 2.98. The van der Waals surface area contributed by atoms with Crippen LogP contribution in [0.15, 0.2) is 59.7 Å². The molecule has 26 heavy (non-hydrogen) atoms. The van der Waals surface area contributed by atoms with Gasteiger partial charge in [0.25, 0.3) is 0 Å². The summed E-state index contributed by atoms with van der Waals surface area (Å²) < 4.78 is 4.63. The largest absolute Gasteiger partial charge is 0.318 e. The van der Waals surface area contributed by atoms with Crippen molar-refractivity contribution in [2.75, 3.05) is 5.43 Å².